The molecule has 2 aliphatic rings. The monoisotopic (exact) mass is 428 g/mol. The Morgan fingerprint density at radius 3 is 2.71 bits per heavy atom. The van der Waals surface area contributed by atoms with Crippen LogP contribution in [0.15, 0.2) is 18.2 Å². The van der Waals surface area contributed by atoms with E-state index >= 15 is 0 Å². The first kappa shape index (κ1) is 22.3. The zero-order valence-electron chi connectivity index (χ0n) is 16.2. The molecule has 0 radical (unpaired) electrons. The Labute approximate surface area is 175 Å². The van der Waals surface area contributed by atoms with Gasteiger partial charge in [0.1, 0.15) is 11.9 Å². The number of carbonyl (C=O) groups excluding carboxylic acids is 1. The lowest BCUT2D eigenvalue weighted by Gasteiger charge is -2.20. The highest BCUT2D eigenvalue weighted by molar-refractivity contribution is 7.80. The van der Waals surface area contributed by atoms with Gasteiger partial charge in [-0.25, -0.2) is 9.18 Å². The molecule has 7 nitrogen and oxygen atoms in total. The van der Waals surface area contributed by atoms with Gasteiger partial charge in [0.25, 0.3) is 0 Å². The predicted molar refractivity (Wildman–Crippen MR) is 116 cm³/mol. The van der Waals surface area contributed by atoms with Gasteiger partial charge >= 0.3 is 6.09 Å². The van der Waals surface area contributed by atoms with E-state index in [-0.39, 0.29) is 11.9 Å². The number of likely N-dealkylation sites (N-methyl/N-ethyl adjacent to an activating group) is 1. The second-order valence-corrected chi connectivity index (χ2v) is 7.16. The summed E-state index contributed by atoms with van der Waals surface area (Å²) in [4.78, 5) is 18.1. The Kier molecular flexibility index (Phi) is 8.34. The van der Waals surface area contributed by atoms with E-state index in [1.807, 2.05) is 16.8 Å². The lowest BCUT2D eigenvalue weighted by Crippen LogP contribution is -2.26. The number of hydrogen-bond donors (Lipinski definition) is 1. The van der Waals surface area contributed by atoms with Crippen LogP contribution in [0.25, 0.3) is 0 Å². The minimum Gasteiger partial charge on any atom is -0.444 e. The summed E-state index contributed by atoms with van der Waals surface area (Å²) >= 11 is 9.92. The number of benzene rings is 1. The van der Waals surface area contributed by atoms with Gasteiger partial charge in [0.05, 0.1) is 41.6 Å². The second kappa shape index (κ2) is 10.5. The first-order valence-electron chi connectivity index (χ1n) is 8.75. The molecule has 2 fully saturated rings. The molecule has 0 saturated carbocycles. The Morgan fingerprint density at radius 1 is 1.43 bits per heavy atom. The van der Waals surface area contributed by atoms with Crippen molar-refractivity contribution in [2.45, 2.75) is 12.5 Å². The molecular weight excluding hydrogens is 403 g/mol. The van der Waals surface area contributed by atoms with E-state index in [2.05, 4.69) is 10.1 Å². The van der Waals surface area contributed by atoms with Gasteiger partial charge in [-0.15, -0.1) is 0 Å². The van der Waals surface area contributed by atoms with Gasteiger partial charge in [-0.2, -0.15) is 0 Å². The van der Waals surface area contributed by atoms with Crippen LogP contribution in [-0.4, -0.2) is 75.1 Å². The maximum Gasteiger partial charge on any atom is 0.414 e. The van der Waals surface area contributed by atoms with Crippen molar-refractivity contribution in [3.8, 4) is 0 Å². The Bertz CT molecular complexity index is 722. The van der Waals surface area contributed by atoms with E-state index in [0.29, 0.717) is 44.1 Å². The first-order valence-corrected chi connectivity index (χ1v) is 9.63. The maximum absolute atomic E-state index is 14.6. The number of nitrogens with one attached hydrogen (secondary N) is 1. The van der Waals surface area contributed by atoms with Crippen LogP contribution in [0.1, 0.15) is 6.42 Å². The van der Waals surface area contributed by atoms with Crippen molar-refractivity contribution in [1.29, 1.82) is 0 Å². The molecule has 0 spiro atoms. The summed E-state index contributed by atoms with van der Waals surface area (Å²) in [5.74, 6) is -0.380. The Morgan fingerprint density at radius 2 is 2.14 bits per heavy atom. The van der Waals surface area contributed by atoms with Gasteiger partial charge in [-0.05, 0) is 18.2 Å². The van der Waals surface area contributed by atoms with Gasteiger partial charge in [0.15, 0.2) is 0 Å². The zero-order valence-corrected chi connectivity index (χ0v) is 17.8. The molecule has 1 aromatic carbocycles. The minimum atomic E-state index is -0.457. The van der Waals surface area contributed by atoms with Gasteiger partial charge in [-0.3, -0.25) is 4.90 Å². The number of cyclic esters (lactones) is 1. The molecule has 28 heavy (non-hydrogen) atoms. The van der Waals surface area contributed by atoms with E-state index in [0.717, 1.165) is 4.99 Å². The van der Waals surface area contributed by atoms with Crippen molar-refractivity contribution in [2.24, 2.45) is 0 Å². The lowest BCUT2D eigenvalue weighted by atomic mass is 10.2. The molecular formula is C18H25FN4O3S2. The maximum atomic E-state index is 14.6. The number of thiocarbonyl (C=S) groups is 2. The third-order valence-corrected chi connectivity index (χ3v) is 4.89. The van der Waals surface area contributed by atoms with Crippen LogP contribution in [0.2, 0.25) is 0 Å². The summed E-state index contributed by atoms with van der Waals surface area (Å²) in [6.45, 7) is 2.09. The highest BCUT2D eigenvalue weighted by Gasteiger charge is 2.32. The van der Waals surface area contributed by atoms with Crippen LogP contribution in [-0.2, 0) is 9.47 Å². The molecule has 1 unspecified atom stereocenters. The molecule has 2 heterocycles. The third-order valence-electron chi connectivity index (χ3n) is 4.29. The van der Waals surface area contributed by atoms with Crippen molar-refractivity contribution in [3.05, 3.63) is 24.0 Å². The van der Waals surface area contributed by atoms with Crippen LogP contribution in [0.5, 0.6) is 0 Å². The molecule has 154 valence electrons. The third kappa shape index (κ3) is 5.49. The number of anilines is 2. The quantitative estimate of drug-likeness (QED) is 0.548. The average molecular weight is 429 g/mol. The predicted octanol–water partition coefficient (Wildman–Crippen LogP) is 2.39. The summed E-state index contributed by atoms with van der Waals surface area (Å²) < 4.78 is 24.1. The van der Waals surface area contributed by atoms with Crippen LogP contribution in [0.3, 0.4) is 0 Å². The van der Waals surface area contributed by atoms with Crippen LogP contribution in [0, 0.1) is 5.82 Å². The standard InChI is InChI=1S/C16H19FN4O2S2.C2H6O/c1-19-10-20(8-15(19)25)14-3-2-11(6-13(14)17)21-7-12(23-16(21)22)4-5-18-9-24;1-3-2/h2-3,6,9,12H,4-5,7-8,10H2,1H3,(H,18,24);1-2H3. The highest BCUT2D eigenvalue weighted by Crippen LogP contribution is 2.29. The first-order chi connectivity index (χ1) is 13.4. The molecule has 10 heteroatoms. The summed E-state index contributed by atoms with van der Waals surface area (Å²) in [7, 11) is 5.13. The van der Waals surface area contributed by atoms with E-state index in [1.54, 1.807) is 26.4 Å². The fraction of sp³-hybridized carbons (Fsp3) is 0.500. The SMILES string of the molecule is CN1CN(c2ccc(N3CC(CCNC=S)OC3=O)cc2F)CC1=S.COC. The molecule has 1 amide bonds. The zero-order chi connectivity index (χ0) is 20.7. The molecule has 3 rings (SSSR count). The number of amides is 1. The molecule has 1 atom stereocenters. The molecule has 2 saturated heterocycles. The van der Waals surface area contributed by atoms with E-state index in [9.17, 15) is 9.18 Å². The summed E-state index contributed by atoms with van der Waals surface area (Å²) in [5.41, 5.74) is 2.40. The van der Waals surface area contributed by atoms with E-state index in [1.165, 1.54) is 16.5 Å². The average Bonchev–Trinajstić information content (AvgIpc) is 3.18. The van der Waals surface area contributed by atoms with Gasteiger partial charge in [-0.1, -0.05) is 24.4 Å². The smallest absolute Gasteiger partial charge is 0.414 e. The summed E-state index contributed by atoms with van der Waals surface area (Å²) in [6.07, 6.45) is -0.0445. The van der Waals surface area contributed by atoms with Crippen LogP contribution < -0.4 is 15.1 Å². The molecule has 0 aromatic heterocycles. The van der Waals surface area contributed by atoms with Crippen LogP contribution in [0.4, 0.5) is 20.6 Å². The number of nitrogens with zero attached hydrogens (tertiary/aromatic N) is 3. The van der Waals surface area contributed by atoms with E-state index in [4.69, 9.17) is 29.2 Å². The highest BCUT2D eigenvalue weighted by atomic mass is 32.1. The summed E-state index contributed by atoms with van der Waals surface area (Å²) in [5, 5.41) is 2.90. The van der Waals surface area contributed by atoms with Gasteiger partial charge in [0, 0.05) is 34.2 Å². The molecule has 2 aliphatic heterocycles. The van der Waals surface area contributed by atoms with Crippen molar-refractivity contribution < 1.29 is 18.7 Å². The topological polar surface area (TPSA) is 57.3 Å². The normalized spacial score (nSPS) is 18.7. The fourth-order valence-electron chi connectivity index (χ4n) is 2.94. The number of carbonyl (C=O) groups is 1. The summed E-state index contributed by atoms with van der Waals surface area (Å²) in [6, 6.07) is 4.79. The number of halogens is 1. The minimum absolute atomic E-state index is 0.234. The number of methoxy groups -OCH3 is 1. The number of hydrogen-bond acceptors (Lipinski definition) is 6. The largest absolute Gasteiger partial charge is 0.444 e. The van der Waals surface area contributed by atoms with Gasteiger partial charge < -0.3 is 24.6 Å². The number of rotatable bonds is 6. The van der Waals surface area contributed by atoms with Crippen molar-refractivity contribution in [3.63, 3.8) is 0 Å². The Balaban J connectivity index is 0.000000878. The lowest BCUT2D eigenvalue weighted by molar-refractivity contribution is 0.137. The van der Waals surface area contributed by atoms with Crippen molar-refractivity contribution >= 4 is 52.4 Å². The molecule has 0 bridgehead atoms. The van der Waals surface area contributed by atoms with E-state index < -0.39 is 6.09 Å². The van der Waals surface area contributed by atoms with Crippen molar-refractivity contribution in [2.75, 3.05) is 57.4 Å². The van der Waals surface area contributed by atoms with Crippen LogP contribution >= 0.6 is 24.4 Å². The Hall–Kier alpha value is -2.04. The molecule has 1 N–H and O–H groups in total. The number of ether oxygens (including phenoxy) is 2. The van der Waals surface area contributed by atoms with Crippen molar-refractivity contribution in [1.82, 2.24) is 10.2 Å². The second-order valence-electron chi connectivity index (χ2n) is 6.45. The fourth-order valence-corrected chi connectivity index (χ4v) is 3.27. The van der Waals surface area contributed by atoms with Gasteiger partial charge in [0.2, 0.25) is 0 Å². The molecule has 0 aliphatic carbocycles. The molecule has 1 aromatic rings.